The molecule has 3 nitrogen and oxygen atoms in total. The first-order valence-corrected chi connectivity index (χ1v) is 8.06. The van der Waals surface area contributed by atoms with E-state index in [0.29, 0.717) is 17.8 Å². The minimum atomic E-state index is -0.00275. The highest BCUT2D eigenvalue weighted by Gasteiger charge is 2.43. The van der Waals surface area contributed by atoms with Crippen molar-refractivity contribution >= 4 is 5.91 Å². The predicted octanol–water partition coefficient (Wildman–Crippen LogP) is 2.75. The molecule has 0 unspecified atom stereocenters. The zero-order valence-corrected chi connectivity index (χ0v) is 13.3. The molecule has 1 amide bonds. The SMILES string of the molecule is CC#CC(=O)N1C[C@@H]2CC[C@@H](Cc3cccc(OC)c3)[C@@H]2C1. The number of carbonyl (C=O) groups excluding carboxylic acids is 1. The van der Waals surface area contributed by atoms with E-state index < -0.39 is 0 Å². The molecule has 0 N–H and O–H groups in total. The normalized spacial score (nSPS) is 26.3. The van der Waals surface area contributed by atoms with Crippen LogP contribution in [0.15, 0.2) is 24.3 Å². The molecule has 3 heteroatoms. The number of ether oxygens (including phenoxy) is 1. The number of hydrogen-bond acceptors (Lipinski definition) is 2. The molecule has 1 aliphatic heterocycles. The summed E-state index contributed by atoms with van der Waals surface area (Å²) in [5.41, 5.74) is 1.34. The van der Waals surface area contributed by atoms with Crippen molar-refractivity contribution in [3.05, 3.63) is 29.8 Å². The van der Waals surface area contributed by atoms with Crippen LogP contribution in [0.3, 0.4) is 0 Å². The zero-order chi connectivity index (χ0) is 15.5. The third-order valence-corrected chi connectivity index (χ3v) is 5.16. The number of carbonyl (C=O) groups is 1. The van der Waals surface area contributed by atoms with Gasteiger partial charge in [-0.15, -0.1) is 0 Å². The monoisotopic (exact) mass is 297 g/mol. The van der Waals surface area contributed by atoms with Gasteiger partial charge in [0, 0.05) is 13.1 Å². The summed E-state index contributed by atoms with van der Waals surface area (Å²) in [7, 11) is 1.71. The Morgan fingerprint density at radius 2 is 2.23 bits per heavy atom. The Kier molecular flexibility index (Phi) is 4.38. The Morgan fingerprint density at radius 3 is 3.00 bits per heavy atom. The molecule has 3 rings (SSSR count). The van der Waals surface area contributed by atoms with Crippen molar-refractivity contribution in [1.29, 1.82) is 0 Å². The fourth-order valence-electron chi connectivity index (χ4n) is 4.09. The topological polar surface area (TPSA) is 29.5 Å². The maximum atomic E-state index is 12.0. The Hall–Kier alpha value is -1.95. The van der Waals surface area contributed by atoms with Crippen LogP contribution >= 0.6 is 0 Å². The van der Waals surface area contributed by atoms with Crippen LogP contribution in [0.1, 0.15) is 25.3 Å². The summed E-state index contributed by atoms with van der Waals surface area (Å²) in [6, 6.07) is 8.35. The van der Waals surface area contributed by atoms with Crippen LogP contribution in [0.25, 0.3) is 0 Å². The predicted molar refractivity (Wildman–Crippen MR) is 86.4 cm³/mol. The average molecular weight is 297 g/mol. The Bertz CT molecular complexity index is 613. The van der Waals surface area contributed by atoms with Gasteiger partial charge in [-0.2, -0.15) is 0 Å². The van der Waals surface area contributed by atoms with Crippen molar-refractivity contribution in [2.24, 2.45) is 17.8 Å². The molecule has 1 heterocycles. The highest BCUT2D eigenvalue weighted by atomic mass is 16.5. The van der Waals surface area contributed by atoms with Gasteiger partial charge in [-0.25, -0.2) is 0 Å². The summed E-state index contributed by atoms with van der Waals surface area (Å²) in [4.78, 5) is 13.9. The third-order valence-electron chi connectivity index (χ3n) is 5.16. The lowest BCUT2D eigenvalue weighted by atomic mass is 9.87. The number of benzene rings is 1. The number of rotatable bonds is 3. The highest BCUT2D eigenvalue weighted by molar-refractivity contribution is 5.93. The lowest BCUT2D eigenvalue weighted by molar-refractivity contribution is -0.124. The highest BCUT2D eigenvalue weighted by Crippen LogP contribution is 2.43. The van der Waals surface area contributed by atoms with Crippen molar-refractivity contribution < 1.29 is 9.53 Å². The largest absolute Gasteiger partial charge is 0.497 e. The molecule has 0 aromatic heterocycles. The summed E-state index contributed by atoms with van der Waals surface area (Å²) >= 11 is 0. The standard InChI is InChI=1S/C19H23NO2/c1-3-5-19(21)20-12-16-9-8-15(18(16)13-20)10-14-6-4-7-17(11-14)22-2/h4,6-7,11,15-16,18H,8-10,12-13H2,1-2H3/t15-,16-,18-/m0/s1. The van der Waals surface area contributed by atoms with Gasteiger partial charge >= 0.3 is 0 Å². The molecule has 1 aromatic carbocycles. The smallest absolute Gasteiger partial charge is 0.298 e. The summed E-state index contributed by atoms with van der Waals surface area (Å²) in [6.07, 6.45) is 3.59. The van der Waals surface area contributed by atoms with E-state index in [1.165, 1.54) is 18.4 Å². The fourth-order valence-corrected chi connectivity index (χ4v) is 4.09. The second-order valence-corrected chi connectivity index (χ2v) is 6.40. The molecule has 0 radical (unpaired) electrons. The lowest BCUT2D eigenvalue weighted by Crippen LogP contribution is -2.29. The number of amides is 1. The molecule has 0 bridgehead atoms. The maximum absolute atomic E-state index is 12.0. The molecule has 22 heavy (non-hydrogen) atoms. The van der Waals surface area contributed by atoms with Crippen LogP contribution < -0.4 is 4.74 Å². The van der Waals surface area contributed by atoms with Gasteiger partial charge in [0.2, 0.25) is 0 Å². The van der Waals surface area contributed by atoms with Crippen molar-refractivity contribution in [2.45, 2.75) is 26.2 Å². The second-order valence-electron chi connectivity index (χ2n) is 6.40. The molecule has 1 aromatic rings. The molecule has 2 aliphatic rings. The zero-order valence-electron chi connectivity index (χ0n) is 13.3. The number of fused-ring (bicyclic) bond motifs is 1. The molecule has 0 spiro atoms. The van der Waals surface area contributed by atoms with E-state index in [4.69, 9.17) is 4.74 Å². The van der Waals surface area contributed by atoms with Gasteiger partial charge in [0.25, 0.3) is 5.91 Å². The average Bonchev–Trinajstić information content (AvgIpc) is 3.10. The molecule has 2 fully saturated rings. The lowest BCUT2D eigenvalue weighted by Gasteiger charge is -2.20. The van der Waals surface area contributed by atoms with Crippen molar-refractivity contribution in [3.8, 4) is 17.6 Å². The van der Waals surface area contributed by atoms with E-state index in [1.807, 2.05) is 11.0 Å². The number of nitrogens with zero attached hydrogens (tertiary/aromatic N) is 1. The first-order valence-electron chi connectivity index (χ1n) is 8.06. The quantitative estimate of drug-likeness (QED) is 0.803. The molecule has 1 aliphatic carbocycles. The third kappa shape index (κ3) is 2.97. The van der Waals surface area contributed by atoms with Gasteiger partial charge in [-0.05, 0) is 67.6 Å². The van der Waals surface area contributed by atoms with Gasteiger partial charge in [0.05, 0.1) is 7.11 Å². The van der Waals surface area contributed by atoms with Crippen LogP contribution in [0.2, 0.25) is 0 Å². The molecule has 1 saturated heterocycles. The van der Waals surface area contributed by atoms with E-state index in [0.717, 1.165) is 25.3 Å². The van der Waals surface area contributed by atoms with E-state index in [2.05, 4.69) is 30.0 Å². The molecular formula is C19H23NO2. The first kappa shape index (κ1) is 15.0. The minimum Gasteiger partial charge on any atom is -0.497 e. The maximum Gasteiger partial charge on any atom is 0.298 e. The fraction of sp³-hybridized carbons (Fsp3) is 0.526. The van der Waals surface area contributed by atoms with Crippen molar-refractivity contribution in [1.82, 2.24) is 4.90 Å². The number of likely N-dealkylation sites (tertiary alicyclic amines) is 1. The van der Waals surface area contributed by atoms with Crippen LogP contribution in [-0.4, -0.2) is 31.0 Å². The van der Waals surface area contributed by atoms with E-state index in [1.54, 1.807) is 14.0 Å². The summed E-state index contributed by atoms with van der Waals surface area (Å²) < 4.78 is 5.31. The van der Waals surface area contributed by atoms with Crippen LogP contribution in [0, 0.1) is 29.6 Å². The second kappa shape index (κ2) is 6.44. The minimum absolute atomic E-state index is 0.00275. The number of hydrogen-bond donors (Lipinski definition) is 0. The van der Waals surface area contributed by atoms with Gasteiger partial charge < -0.3 is 9.64 Å². The van der Waals surface area contributed by atoms with Crippen LogP contribution in [0.4, 0.5) is 0 Å². The van der Waals surface area contributed by atoms with E-state index in [9.17, 15) is 4.79 Å². The van der Waals surface area contributed by atoms with Gasteiger partial charge in [-0.3, -0.25) is 4.79 Å². The van der Waals surface area contributed by atoms with Gasteiger partial charge in [0.1, 0.15) is 5.75 Å². The summed E-state index contributed by atoms with van der Waals surface area (Å²) in [5.74, 6) is 8.29. The summed E-state index contributed by atoms with van der Waals surface area (Å²) in [5, 5.41) is 0. The Morgan fingerprint density at radius 1 is 1.36 bits per heavy atom. The van der Waals surface area contributed by atoms with Crippen LogP contribution in [-0.2, 0) is 11.2 Å². The number of methoxy groups -OCH3 is 1. The van der Waals surface area contributed by atoms with Crippen molar-refractivity contribution in [2.75, 3.05) is 20.2 Å². The molecule has 1 saturated carbocycles. The molecule has 3 atom stereocenters. The first-order chi connectivity index (χ1) is 10.7. The Labute approximate surface area is 132 Å². The molecule has 116 valence electrons. The molecular weight excluding hydrogens is 274 g/mol. The van der Waals surface area contributed by atoms with E-state index >= 15 is 0 Å². The van der Waals surface area contributed by atoms with Crippen LogP contribution in [0.5, 0.6) is 5.75 Å². The van der Waals surface area contributed by atoms with Gasteiger partial charge in [-0.1, -0.05) is 18.1 Å². The Balaban J connectivity index is 1.66. The van der Waals surface area contributed by atoms with Gasteiger partial charge in [0.15, 0.2) is 0 Å². The van der Waals surface area contributed by atoms with Crippen molar-refractivity contribution in [3.63, 3.8) is 0 Å². The summed E-state index contributed by atoms with van der Waals surface area (Å²) in [6.45, 7) is 3.50. The van der Waals surface area contributed by atoms with E-state index in [-0.39, 0.29) is 5.91 Å².